The molecule has 0 unspecified atom stereocenters. The maximum Gasteiger partial charge on any atom is 0.295 e. The highest BCUT2D eigenvalue weighted by Crippen LogP contribution is 2.30. The summed E-state index contributed by atoms with van der Waals surface area (Å²) in [4.78, 5) is 15.3. The van der Waals surface area contributed by atoms with Crippen molar-refractivity contribution >= 4 is 22.3 Å². The molecule has 2 aromatic heterocycles. The van der Waals surface area contributed by atoms with Crippen molar-refractivity contribution in [3.8, 4) is 0 Å². The fourth-order valence-corrected chi connectivity index (χ4v) is 3.27. The first-order valence-corrected chi connectivity index (χ1v) is 8.94. The van der Waals surface area contributed by atoms with Gasteiger partial charge in [0.15, 0.2) is 5.52 Å². The molecule has 0 atom stereocenters. The van der Waals surface area contributed by atoms with E-state index in [2.05, 4.69) is 33.6 Å². The maximum atomic E-state index is 11.3. The third-order valence-electron chi connectivity index (χ3n) is 4.52. The molecule has 4 aromatic rings. The number of hydrogen-bond donors (Lipinski definition) is 1. The molecule has 2 aromatic carbocycles. The number of para-hydroxylation sites is 1. The van der Waals surface area contributed by atoms with Crippen LogP contribution in [0.15, 0.2) is 67.0 Å². The fraction of sp³-hybridized carbons (Fsp3) is 0.143. The standard InChI is InChI=1S/C21H19N5O2/c1-15-11-19(18-7-3-8-20(26(27)28)21(18)24-15)22-13-16-5-2-6-17(12-16)14-25-10-4-9-23-25/h2-12H,13-14H2,1H3,(H,22,24). The number of nitrogens with one attached hydrogen (secondary N) is 1. The minimum Gasteiger partial charge on any atom is -0.380 e. The van der Waals surface area contributed by atoms with Crippen LogP contribution in [0.4, 0.5) is 11.4 Å². The third-order valence-corrected chi connectivity index (χ3v) is 4.52. The van der Waals surface area contributed by atoms with Gasteiger partial charge < -0.3 is 5.32 Å². The Labute approximate surface area is 161 Å². The van der Waals surface area contributed by atoms with Crippen LogP contribution in [0.25, 0.3) is 10.9 Å². The molecule has 140 valence electrons. The van der Waals surface area contributed by atoms with Crippen LogP contribution in [0, 0.1) is 17.0 Å². The Bertz CT molecular complexity index is 1140. The fourth-order valence-electron chi connectivity index (χ4n) is 3.27. The Hall–Kier alpha value is -3.74. The molecule has 0 fully saturated rings. The van der Waals surface area contributed by atoms with Gasteiger partial charge in [-0.1, -0.05) is 36.4 Å². The Morgan fingerprint density at radius 2 is 1.93 bits per heavy atom. The zero-order valence-corrected chi connectivity index (χ0v) is 15.4. The summed E-state index contributed by atoms with van der Waals surface area (Å²) in [5.41, 5.74) is 4.28. The van der Waals surface area contributed by atoms with Gasteiger partial charge >= 0.3 is 0 Å². The van der Waals surface area contributed by atoms with Crippen molar-refractivity contribution in [1.82, 2.24) is 14.8 Å². The lowest BCUT2D eigenvalue weighted by Crippen LogP contribution is -2.04. The van der Waals surface area contributed by atoms with Crippen molar-refractivity contribution in [2.45, 2.75) is 20.0 Å². The van der Waals surface area contributed by atoms with Crippen LogP contribution >= 0.6 is 0 Å². The van der Waals surface area contributed by atoms with Gasteiger partial charge in [0.1, 0.15) is 0 Å². The van der Waals surface area contributed by atoms with Gasteiger partial charge in [-0.05, 0) is 30.2 Å². The molecular formula is C21H19N5O2. The number of benzene rings is 2. The number of aromatic nitrogens is 3. The van der Waals surface area contributed by atoms with Crippen LogP contribution < -0.4 is 5.32 Å². The van der Waals surface area contributed by atoms with Crippen LogP contribution in [0.1, 0.15) is 16.8 Å². The first kappa shape index (κ1) is 17.7. The number of hydrogen-bond acceptors (Lipinski definition) is 5. The SMILES string of the molecule is Cc1cc(NCc2cccc(Cn3cccn3)c2)c2cccc([N+](=O)[O-])c2n1. The number of nitro benzene ring substituents is 1. The van der Waals surface area contributed by atoms with Crippen LogP contribution in [0.2, 0.25) is 0 Å². The van der Waals surface area contributed by atoms with E-state index in [1.165, 1.54) is 6.07 Å². The van der Waals surface area contributed by atoms with Crippen LogP contribution in [0.3, 0.4) is 0 Å². The average Bonchev–Trinajstić information content (AvgIpc) is 3.18. The second kappa shape index (κ2) is 7.48. The normalized spacial score (nSPS) is 10.9. The highest BCUT2D eigenvalue weighted by molar-refractivity contribution is 5.96. The number of nitro groups is 1. The molecule has 4 rings (SSSR count). The molecule has 0 saturated heterocycles. The van der Waals surface area contributed by atoms with E-state index in [-0.39, 0.29) is 5.69 Å². The zero-order chi connectivity index (χ0) is 19.5. The highest BCUT2D eigenvalue weighted by Gasteiger charge is 2.15. The van der Waals surface area contributed by atoms with E-state index in [0.717, 1.165) is 27.9 Å². The quantitative estimate of drug-likeness (QED) is 0.402. The molecule has 7 heteroatoms. The van der Waals surface area contributed by atoms with Gasteiger partial charge in [0.25, 0.3) is 5.69 Å². The molecule has 28 heavy (non-hydrogen) atoms. The topological polar surface area (TPSA) is 85.9 Å². The van der Waals surface area contributed by atoms with Gasteiger partial charge in [0, 0.05) is 41.8 Å². The smallest absolute Gasteiger partial charge is 0.295 e. The molecule has 0 aliphatic heterocycles. The summed E-state index contributed by atoms with van der Waals surface area (Å²) in [6, 6.07) is 17.1. The molecule has 1 N–H and O–H groups in total. The summed E-state index contributed by atoms with van der Waals surface area (Å²) in [5, 5.41) is 19.7. The van der Waals surface area contributed by atoms with Gasteiger partial charge in [-0.15, -0.1) is 0 Å². The summed E-state index contributed by atoms with van der Waals surface area (Å²) in [5.74, 6) is 0. The van der Waals surface area contributed by atoms with Crippen LogP contribution in [0.5, 0.6) is 0 Å². The average molecular weight is 373 g/mol. The lowest BCUT2D eigenvalue weighted by atomic mass is 10.1. The number of aryl methyl sites for hydroxylation is 1. The zero-order valence-electron chi connectivity index (χ0n) is 15.4. The molecule has 2 heterocycles. The van der Waals surface area contributed by atoms with Crippen molar-refractivity contribution in [2.24, 2.45) is 0 Å². The van der Waals surface area contributed by atoms with E-state index >= 15 is 0 Å². The summed E-state index contributed by atoms with van der Waals surface area (Å²) in [6.45, 7) is 3.16. The minimum absolute atomic E-state index is 0.0190. The van der Waals surface area contributed by atoms with Gasteiger partial charge in [-0.3, -0.25) is 14.8 Å². The Morgan fingerprint density at radius 3 is 2.71 bits per heavy atom. The Balaban J connectivity index is 1.59. The van der Waals surface area contributed by atoms with E-state index in [9.17, 15) is 10.1 Å². The number of pyridine rings is 1. The van der Waals surface area contributed by atoms with Gasteiger partial charge in [-0.25, -0.2) is 4.98 Å². The Kier molecular flexibility index (Phi) is 4.72. The minimum atomic E-state index is -0.392. The summed E-state index contributed by atoms with van der Waals surface area (Å²) in [7, 11) is 0. The molecule has 0 amide bonds. The van der Waals surface area contributed by atoms with Crippen molar-refractivity contribution in [3.63, 3.8) is 0 Å². The molecule has 7 nitrogen and oxygen atoms in total. The molecule has 0 spiro atoms. The maximum absolute atomic E-state index is 11.3. The van der Waals surface area contributed by atoms with Crippen molar-refractivity contribution in [2.75, 3.05) is 5.32 Å². The van der Waals surface area contributed by atoms with E-state index in [1.807, 2.05) is 42.1 Å². The number of fused-ring (bicyclic) bond motifs is 1. The van der Waals surface area contributed by atoms with Gasteiger partial charge in [-0.2, -0.15) is 5.10 Å². The van der Waals surface area contributed by atoms with Crippen molar-refractivity contribution < 1.29 is 4.92 Å². The molecule has 0 radical (unpaired) electrons. The second-order valence-electron chi connectivity index (χ2n) is 6.62. The van der Waals surface area contributed by atoms with Crippen molar-refractivity contribution in [1.29, 1.82) is 0 Å². The third kappa shape index (κ3) is 3.68. The van der Waals surface area contributed by atoms with E-state index < -0.39 is 4.92 Å². The van der Waals surface area contributed by atoms with Gasteiger partial charge in [0.2, 0.25) is 0 Å². The summed E-state index contributed by atoms with van der Waals surface area (Å²) >= 11 is 0. The first-order chi connectivity index (χ1) is 13.6. The molecule has 0 aliphatic rings. The predicted molar refractivity (Wildman–Crippen MR) is 108 cm³/mol. The van der Waals surface area contributed by atoms with E-state index in [4.69, 9.17) is 0 Å². The lowest BCUT2D eigenvalue weighted by Gasteiger charge is -2.12. The second-order valence-corrected chi connectivity index (χ2v) is 6.62. The molecule has 0 aliphatic carbocycles. The van der Waals surface area contributed by atoms with Gasteiger partial charge in [0.05, 0.1) is 11.5 Å². The monoisotopic (exact) mass is 373 g/mol. The number of rotatable bonds is 6. The lowest BCUT2D eigenvalue weighted by molar-refractivity contribution is -0.383. The molecule has 0 bridgehead atoms. The van der Waals surface area contributed by atoms with Crippen LogP contribution in [-0.2, 0) is 13.1 Å². The number of non-ortho nitro benzene ring substituents is 1. The van der Waals surface area contributed by atoms with Crippen molar-refractivity contribution in [3.05, 3.63) is 93.9 Å². The molecule has 0 saturated carbocycles. The summed E-state index contributed by atoms with van der Waals surface area (Å²) < 4.78 is 1.88. The predicted octanol–water partition coefficient (Wildman–Crippen LogP) is 4.31. The van der Waals surface area contributed by atoms with Crippen LogP contribution in [-0.4, -0.2) is 19.7 Å². The number of anilines is 1. The molecular weight excluding hydrogens is 354 g/mol. The van der Waals surface area contributed by atoms with E-state index in [0.29, 0.717) is 18.6 Å². The highest BCUT2D eigenvalue weighted by atomic mass is 16.6. The Morgan fingerprint density at radius 1 is 1.11 bits per heavy atom. The van der Waals surface area contributed by atoms with E-state index in [1.54, 1.807) is 12.3 Å². The number of nitrogens with zero attached hydrogens (tertiary/aromatic N) is 4. The first-order valence-electron chi connectivity index (χ1n) is 8.94. The largest absolute Gasteiger partial charge is 0.380 e. The summed E-state index contributed by atoms with van der Waals surface area (Å²) in [6.07, 6.45) is 3.70.